The number of piperazine rings is 1. The second kappa shape index (κ2) is 5.38. The van der Waals surface area contributed by atoms with E-state index in [4.69, 9.17) is 5.73 Å². The first-order chi connectivity index (χ1) is 8.88. The molecule has 19 heavy (non-hydrogen) atoms. The molecule has 1 aromatic rings. The van der Waals surface area contributed by atoms with Gasteiger partial charge in [0.2, 0.25) is 0 Å². The van der Waals surface area contributed by atoms with Gasteiger partial charge in [0.25, 0.3) is 0 Å². The summed E-state index contributed by atoms with van der Waals surface area (Å²) >= 11 is 0. The predicted octanol–water partition coefficient (Wildman–Crippen LogP) is 2.04. The Bertz CT molecular complexity index is 437. The van der Waals surface area contributed by atoms with Crippen molar-refractivity contribution in [1.82, 2.24) is 9.80 Å². The average molecular weight is 273 g/mol. The third kappa shape index (κ3) is 3.39. The largest absolute Gasteiger partial charge is 0.418 e. The molecule has 3 nitrogen and oxygen atoms in total. The molecule has 0 amide bonds. The average Bonchev–Trinajstić information content (AvgIpc) is 2.30. The number of hydrogen-bond donors (Lipinski definition) is 1. The Kier molecular flexibility index (Phi) is 4.01. The maximum absolute atomic E-state index is 13.0. The van der Waals surface area contributed by atoms with E-state index in [1.807, 2.05) is 11.9 Å². The number of alkyl halides is 3. The van der Waals surface area contributed by atoms with Crippen molar-refractivity contribution in [1.29, 1.82) is 0 Å². The SMILES string of the molecule is CN1CCN(Cc2cccc(N)c2C(F)(F)F)CC1. The van der Waals surface area contributed by atoms with Crippen molar-refractivity contribution in [2.24, 2.45) is 0 Å². The van der Waals surface area contributed by atoms with Crippen LogP contribution in [-0.4, -0.2) is 43.0 Å². The molecule has 1 saturated heterocycles. The molecular weight excluding hydrogens is 255 g/mol. The molecule has 0 unspecified atom stereocenters. The van der Waals surface area contributed by atoms with Crippen molar-refractivity contribution < 1.29 is 13.2 Å². The van der Waals surface area contributed by atoms with Gasteiger partial charge < -0.3 is 10.6 Å². The van der Waals surface area contributed by atoms with E-state index in [2.05, 4.69) is 4.90 Å². The summed E-state index contributed by atoms with van der Waals surface area (Å²) in [4.78, 5) is 4.20. The van der Waals surface area contributed by atoms with Gasteiger partial charge in [-0.05, 0) is 18.7 Å². The van der Waals surface area contributed by atoms with Crippen LogP contribution in [-0.2, 0) is 12.7 Å². The molecule has 1 aliphatic heterocycles. The van der Waals surface area contributed by atoms with Crippen LogP contribution in [0.5, 0.6) is 0 Å². The maximum atomic E-state index is 13.0. The van der Waals surface area contributed by atoms with E-state index < -0.39 is 11.7 Å². The molecule has 2 N–H and O–H groups in total. The second-order valence-corrected chi connectivity index (χ2v) is 4.96. The van der Waals surface area contributed by atoms with E-state index >= 15 is 0 Å². The Morgan fingerprint density at radius 2 is 1.79 bits per heavy atom. The Morgan fingerprint density at radius 1 is 1.16 bits per heavy atom. The van der Waals surface area contributed by atoms with E-state index in [0.29, 0.717) is 6.54 Å². The van der Waals surface area contributed by atoms with Crippen molar-refractivity contribution in [2.45, 2.75) is 12.7 Å². The van der Waals surface area contributed by atoms with Gasteiger partial charge in [-0.2, -0.15) is 13.2 Å². The number of nitrogens with two attached hydrogens (primary N) is 1. The fraction of sp³-hybridized carbons (Fsp3) is 0.538. The first-order valence-corrected chi connectivity index (χ1v) is 6.23. The van der Waals surface area contributed by atoms with E-state index in [1.54, 1.807) is 6.07 Å². The van der Waals surface area contributed by atoms with Crippen molar-refractivity contribution in [3.63, 3.8) is 0 Å². The van der Waals surface area contributed by atoms with Crippen LogP contribution in [0.25, 0.3) is 0 Å². The van der Waals surface area contributed by atoms with Crippen molar-refractivity contribution in [3.8, 4) is 0 Å². The normalized spacial score (nSPS) is 18.7. The Labute approximate surface area is 110 Å². The van der Waals surface area contributed by atoms with Crippen LogP contribution >= 0.6 is 0 Å². The lowest BCUT2D eigenvalue weighted by Gasteiger charge is -2.33. The number of rotatable bonds is 2. The molecule has 2 rings (SSSR count). The van der Waals surface area contributed by atoms with Gasteiger partial charge in [-0.1, -0.05) is 12.1 Å². The second-order valence-electron chi connectivity index (χ2n) is 4.96. The van der Waals surface area contributed by atoms with Gasteiger partial charge in [-0.15, -0.1) is 0 Å². The lowest BCUT2D eigenvalue weighted by atomic mass is 10.0. The van der Waals surface area contributed by atoms with Gasteiger partial charge in [0.1, 0.15) is 0 Å². The van der Waals surface area contributed by atoms with Gasteiger partial charge in [0, 0.05) is 38.4 Å². The third-order valence-electron chi connectivity index (χ3n) is 3.46. The molecule has 0 spiro atoms. The van der Waals surface area contributed by atoms with Crippen molar-refractivity contribution >= 4 is 5.69 Å². The predicted molar refractivity (Wildman–Crippen MR) is 68.6 cm³/mol. The van der Waals surface area contributed by atoms with Crippen LogP contribution in [0, 0.1) is 0 Å². The lowest BCUT2D eigenvalue weighted by molar-refractivity contribution is -0.137. The van der Waals surface area contributed by atoms with Crippen LogP contribution < -0.4 is 5.73 Å². The van der Waals surface area contributed by atoms with Crippen LogP contribution in [0.1, 0.15) is 11.1 Å². The Hall–Kier alpha value is -1.27. The Balaban J connectivity index is 2.18. The first-order valence-electron chi connectivity index (χ1n) is 6.23. The fourth-order valence-electron chi connectivity index (χ4n) is 2.34. The van der Waals surface area contributed by atoms with E-state index in [-0.39, 0.29) is 11.3 Å². The number of nitrogens with zero attached hydrogens (tertiary/aromatic N) is 2. The molecule has 1 aromatic carbocycles. The monoisotopic (exact) mass is 273 g/mol. The molecule has 1 heterocycles. The van der Waals surface area contributed by atoms with Gasteiger partial charge in [-0.25, -0.2) is 0 Å². The minimum absolute atomic E-state index is 0.195. The third-order valence-corrected chi connectivity index (χ3v) is 3.46. The number of hydrogen-bond acceptors (Lipinski definition) is 3. The van der Waals surface area contributed by atoms with E-state index in [9.17, 15) is 13.2 Å². The molecular formula is C13H18F3N3. The zero-order chi connectivity index (χ0) is 14.0. The molecule has 0 bridgehead atoms. The number of likely N-dealkylation sites (N-methyl/N-ethyl adjacent to an activating group) is 1. The highest BCUT2D eigenvalue weighted by Gasteiger charge is 2.35. The summed E-state index contributed by atoms with van der Waals surface area (Å²) in [6.07, 6.45) is -4.40. The molecule has 106 valence electrons. The molecule has 0 aliphatic carbocycles. The highest BCUT2D eigenvalue weighted by molar-refractivity contribution is 5.52. The summed E-state index contributed by atoms with van der Waals surface area (Å²) < 4.78 is 39.1. The van der Waals surface area contributed by atoms with Crippen molar-refractivity contribution in [2.75, 3.05) is 39.0 Å². The number of nitrogen functional groups attached to an aromatic ring is 1. The van der Waals surface area contributed by atoms with Crippen LogP contribution in [0.2, 0.25) is 0 Å². The number of halogens is 3. The zero-order valence-electron chi connectivity index (χ0n) is 10.9. The minimum Gasteiger partial charge on any atom is -0.398 e. The number of benzene rings is 1. The molecule has 0 radical (unpaired) electrons. The zero-order valence-corrected chi connectivity index (χ0v) is 10.9. The Morgan fingerprint density at radius 3 is 2.37 bits per heavy atom. The van der Waals surface area contributed by atoms with Crippen LogP contribution in [0.15, 0.2) is 18.2 Å². The van der Waals surface area contributed by atoms with Gasteiger partial charge >= 0.3 is 6.18 Å². The molecule has 0 atom stereocenters. The molecule has 1 aliphatic rings. The standard InChI is InChI=1S/C13H18F3N3/c1-18-5-7-19(8-6-18)9-10-3-2-4-11(17)12(10)13(14,15)16/h2-4H,5-9,17H2,1H3. The van der Waals surface area contributed by atoms with Crippen LogP contribution in [0.3, 0.4) is 0 Å². The maximum Gasteiger partial charge on any atom is 0.418 e. The highest BCUT2D eigenvalue weighted by Crippen LogP contribution is 2.36. The summed E-state index contributed by atoms with van der Waals surface area (Å²) in [6.45, 7) is 3.62. The minimum atomic E-state index is -4.40. The number of anilines is 1. The van der Waals surface area contributed by atoms with E-state index in [1.165, 1.54) is 12.1 Å². The summed E-state index contributed by atoms with van der Waals surface area (Å²) in [5, 5.41) is 0. The fourth-order valence-corrected chi connectivity index (χ4v) is 2.34. The topological polar surface area (TPSA) is 32.5 Å². The summed E-state index contributed by atoms with van der Waals surface area (Å²) in [6, 6.07) is 4.39. The summed E-state index contributed by atoms with van der Waals surface area (Å²) in [5.74, 6) is 0. The van der Waals surface area contributed by atoms with Crippen molar-refractivity contribution in [3.05, 3.63) is 29.3 Å². The summed E-state index contributed by atoms with van der Waals surface area (Å²) in [7, 11) is 2.01. The molecule has 0 saturated carbocycles. The molecule has 1 fully saturated rings. The smallest absolute Gasteiger partial charge is 0.398 e. The van der Waals surface area contributed by atoms with Gasteiger partial charge in [0.05, 0.1) is 5.56 Å². The van der Waals surface area contributed by atoms with E-state index in [0.717, 1.165) is 26.2 Å². The summed E-state index contributed by atoms with van der Waals surface area (Å²) in [5.41, 5.74) is 4.87. The van der Waals surface area contributed by atoms with Gasteiger partial charge in [0.15, 0.2) is 0 Å². The highest BCUT2D eigenvalue weighted by atomic mass is 19.4. The van der Waals surface area contributed by atoms with Crippen LogP contribution in [0.4, 0.5) is 18.9 Å². The quantitative estimate of drug-likeness (QED) is 0.837. The molecule has 6 heteroatoms. The first kappa shape index (κ1) is 14.1. The lowest BCUT2D eigenvalue weighted by Crippen LogP contribution is -2.44. The van der Waals surface area contributed by atoms with Gasteiger partial charge in [-0.3, -0.25) is 4.90 Å². The molecule has 0 aromatic heterocycles.